The number of ether oxygens (including phenoxy) is 2. The molecule has 8 heteroatoms. The second kappa shape index (κ2) is 5.60. The van der Waals surface area contributed by atoms with Gasteiger partial charge in [0.05, 0.1) is 12.1 Å². The Balaban J connectivity index is 1.83. The number of nitrogens with zero attached hydrogens (tertiary/aromatic N) is 4. The highest BCUT2D eigenvalue weighted by Gasteiger charge is 2.24. The molecule has 0 radical (unpaired) electrons. The van der Waals surface area contributed by atoms with Gasteiger partial charge >= 0.3 is 0 Å². The molecule has 0 unspecified atom stereocenters. The molecule has 2 aromatic rings. The molecule has 2 heterocycles. The molecule has 0 spiro atoms. The van der Waals surface area contributed by atoms with Gasteiger partial charge in [0.25, 0.3) is 0 Å². The van der Waals surface area contributed by atoms with Crippen molar-refractivity contribution in [3.63, 3.8) is 0 Å². The van der Waals surface area contributed by atoms with E-state index in [4.69, 9.17) is 15.0 Å². The Kier molecular flexibility index (Phi) is 3.29. The third-order valence-corrected chi connectivity index (χ3v) is 3.80. The Morgan fingerprint density at radius 1 is 1.17 bits per heavy atom. The maximum Gasteiger partial charge on any atom is 0.244 e. The third kappa shape index (κ3) is 2.41. The van der Waals surface area contributed by atoms with Gasteiger partial charge in [-0.1, -0.05) is 29.4 Å². The highest BCUT2D eigenvalue weighted by molar-refractivity contribution is 6.15. The van der Waals surface area contributed by atoms with Crippen molar-refractivity contribution < 1.29 is 14.3 Å². The van der Waals surface area contributed by atoms with Crippen LogP contribution < -0.4 is 14.9 Å². The zero-order valence-corrected chi connectivity index (χ0v) is 12.4. The Hall–Kier alpha value is -3.51. The molecule has 2 aliphatic rings. The van der Waals surface area contributed by atoms with Crippen LogP contribution in [0.3, 0.4) is 0 Å². The summed E-state index contributed by atoms with van der Waals surface area (Å²) in [6.07, 6.45) is 0.204. The molecule has 0 saturated heterocycles. The Labute approximate surface area is 136 Å². The van der Waals surface area contributed by atoms with E-state index in [1.807, 2.05) is 12.1 Å². The van der Waals surface area contributed by atoms with Crippen molar-refractivity contribution in [3.05, 3.63) is 63.5 Å². The van der Waals surface area contributed by atoms with Gasteiger partial charge in [0, 0.05) is 21.7 Å². The summed E-state index contributed by atoms with van der Waals surface area (Å²) < 4.78 is 10.8. The lowest BCUT2D eigenvalue weighted by Gasteiger charge is -2.10. The number of carbonyl (C=O) groups excluding carboxylic acids is 1. The highest BCUT2D eigenvalue weighted by Crippen LogP contribution is 2.36. The number of hydrogen-bond donors (Lipinski definition) is 1. The van der Waals surface area contributed by atoms with Crippen molar-refractivity contribution in [1.29, 1.82) is 0 Å². The minimum Gasteiger partial charge on any atom is -0.454 e. The van der Waals surface area contributed by atoms with Crippen molar-refractivity contribution in [3.8, 4) is 11.5 Å². The van der Waals surface area contributed by atoms with Crippen LogP contribution in [0.2, 0.25) is 0 Å². The van der Waals surface area contributed by atoms with Crippen LogP contribution in [0.1, 0.15) is 16.7 Å². The van der Waals surface area contributed by atoms with Gasteiger partial charge in [0.15, 0.2) is 11.5 Å². The van der Waals surface area contributed by atoms with E-state index < -0.39 is 0 Å². The second-order valence-electron chi connectivity index (χ2n) is 5.27. The number of azide groups is 1. The third-order valence-electron chi connectivity index (χ3n) is 3.80. The average molecular weight is 321 g/mol. The fourth-order valence-corrected chi connectivity index (χ4v) is 2.70. The van der Waals surface area contributed by atoms with Crippen LogP contribution in [0.5, 0.6) is 11.5 Å². The maximum absolute atomic E-state index is 11.9. The lowest BCUT2D eigenvalue weighted by atomic mass is 9.95. The molecule has 0 aromatic heterocycles. The normalized spacial score (nSPS) is 14.8. The molecule has 0 bridgehead atoms. The molecule has 4 rings (SSSR count). The number of benzene rings is 2. The van der Waals surface area contributed by atoms with E-state index in [0.29, 0.717) is 22.9 Å². The number of hydrogen-bond acceptors (Lipinski definition) is 5. The topological polar surface area (TPSA) is 109 Å². The van der Waals surface area contributed by atoms with Gasteiger partial charge < -0.3 is 9.47 Å². The Morgan fingerprint density at radius 3 is 2.67 bits per heavy atom. The van der Waals surface area contributed by atoms with Crippen LogP contribution >= 0.6 is 0 Å². The summed E-state index contributed by atoms with van der Waals surface area (Å²) in [5.41, 5.74) is 14.5. The number of hydrazone groups is 1. The van der Waals surface area contributed by atoms with E-state index in [2.05, 4.69) is 20.6 Å². The monoisotopic (exact) mass is 321 g/mol. The van der Waals surface area contributed by atoms with Gasteiger partial charge in [-0.05, 0) is 23.2 Å². The van der Waals surface area contributed by atoms with E-state index in [0.717, 1.165) is 16.7 Å². The summed E-state index contributed by atoms with van der Waals surface area (Å²) in [5.74, 6) is 1.05. The standard InChI is InChI=1S/C16H11N5O3/c17-21-18-11-3-1-9(2-4-11)16-12-7-14-13(23-8-24-14)5-10(12)6-15(22)19-20-16/h1-5,7H,6,8H2,(H,19,22). The van der Waals surface area contributed by atoms with Crippen LogP contribution in [0, 0.1) is 0 Å². The molecule has 0 atom stereocenters. The van der Waals surface area contributed by atoms with E-state index in [-0.39, 0.29) is 19.1 Å². The zero-order chi connectivity index (χ0) is 16.5. The molecule has 118 valence electrons. The van der Waals surface area contributed by atoms with Gasteiger partial charge in [-0.15, -0.1) is 0 Å². The van der Waals surface area contributed by atoms with Crippen molar-refractivity contribution in [2.75, 3.05) is 6.79 Å². The Bertz CT molecular complexity index is 914. The second-order valence-corrected chi connectivity index (χ2v) is 5.27. The molecule has 0 saturated carbocycles. The zero-order valence-electron chi connectivity index (χ0n) is 12.4. The summed E-state index contributed by atoms with van der Waals surface area (Å²) in [5, 5.41) is 7.78. The van der Waals surface area contributed by atoms with Crippen LogP contribution in [0.25, 0.3) is 10.4 Å². The predicted molar refractivity (Wildman–Crippen MR) is 85.3 cm³/mol. The first-order chi connectivity index (χ1) is 11.7. The molecule has 1 amide bonds. The minimum absolute atomic E-state index is 0.164. The first kappa shape index (κ1) is 14.1. The molecule has 2 aromatic carbocycles. The van der Waals surface area contributed by atoms with Gasteiger partial charge in [0.1, 0.15) is 0 Å². The molecule has 8 nitrogen and oxygen atoms in total. The van der Waals surface area contributed by atoms with Gasteiger partial charge in [0.2, 0.25) is 12.7 Å². The van der Waals surface area contributed by atoms with Crippen molar-refractivity contribution in [2.24, 2.45) is 10.2 Å². The van der Waals surface area contributed by atoms with E-state index in [9.17, 15) is 4.79 Å². The fraction of sp³-hybridized carbons (Fsp3) is 0.125. The van der Waals surface area contributed by atoms with Crippen LogP contribution in [-0.2, 0) is 11.2 Å². The van der Waals surface area contributed by atoms with Gasteiger partial charge in [-0.25, -0.2) is 5.43 Å². The van der Waals surface area contributed by atoms with E-state index in [1.54, 1.807) is 24.3 Å². The first-order valence-corrected chi connectivity index (χ1v) is 7.19. The molecule has 0 aliphatic carbocycles. The molecule has 2 aliphatic heterocycles. The number of fused-ring (bicyclic) bond motifs is 2. The number of rotatable bonds is 2. The smallest absolute Gasteiger partial charge is 0.244 e. The largest absolute Gasteiger partial charge is 0.454 e. The van der Waals surface area contributed by atoms with Crippen LogP contribution in [0.4, 0.5) is 5.69 Å². The van der Waals surface area contributed by atoms with Crippen molar-refractivity contribution >= 4 is 17.3 Å². The molecule has 24 heavy (non-hydrogen) atoms. The average Bonchev–Trinajstić information content (AvgIpc) is 2.97. The number of nitrogens with one attached hydrogen (secondary N) is 1. The molecular formula is C16H11N5O3. The van der Waals surface area contributed by atoms with Gasteiger partial charge in [-0.2, -0.15) is 5.10 Å². The number of carbonyl (C=O) groups is 1. The quantitative estimate of drug-likeness (QED) is 0.521. The van der Waals surface area contributed by atoms with Crippen molar-refractivity contribution in [1.82, 2.24) is 5.43 Å². The van der Waals surface area contributed by atoms with E-state index in [1.165, 1.54) is 0 Å². The minimum atomic E-state index is -0.198. The van der Waals surface area contributed by atoms with Crippen LogP contribution in [-0.4, -0.2) is 18.4 Å². The SMILES string of the molecule is [N-]=[N+]=Nc1ccc(C2=NNC(=O)Cc3cc4c(cc32)OCO4)cc1. The Morgan fingerprint density at radius 2 is 1.92 bits per heavy atom. The predicted octanol–water partition coefficient (Wildman–Crippen LogP) is 2.78. The molecule has 0 fully saturated rings. The van der Waals surface area contributed by atoms with Crippen molar-refractivity contribution in [2.45, 2.75) is 6.42 Å². The van der Waals surface area contributed by atoms with E-state index >= 15 is 0 Å². The summed E-state index contributed by atoms with van der Waals surface area (Å²) in [4.78, 5) is 14.7. The molecule has 1 N–H and O–H groups in total. The first-order valence-electron chi connectivity index (χ1n) is 7.19. The summed E-state index contributed by atoms with van der Waals surface area (Å²) >= 11 is 0. The molecular weight excluding hydrogens is 310 g/mol. The lowest BCUT2D eigenvalue weighted by Crippen LogP contribution is -2.18. The lowest BCUT2D eigenvalue weighted by molar-refractivity contribution is -0.120. The highest BCUT2D eigenvalue weighted by atomic mass is 16.7. The van der Waals surface area contributed by atoms with Gasteiger partial charge in [-0.3, -0.25) is 4.79 Å². The summed E-state index contributed by atoms with van der Waals surface area (Å²) in [6.45, 7) is 0.164. The summed E-state index contributed by atoms with van der Waals surface area (Å²) in [7, 11) is 0. The maximum atomic E-state index is 11.9. The van der Waals surface area contributed by atoms with Crippen LogP contribution in [0.15, 0.2) is 46.6 Å². The fourth-order valence-electron chi connectivity index (χ4n) is 2.70. The summed E-state index contributed by atoms with van der Waals surface area (Å²) in [6, 6.07) is 10.6. The number of amides is 1.